The van der Waals surface area contributed by atoms with Crippen LogP contribution >= 0.6 is 0 Å². The molecule has 7 nitrogen and oxygen atoms in total. The lowest BCUT2D eigenvalue weighted by Gasteiger charge is -2.55. The highest BCUT2D eigenvalue weighted by molar-refractivity contribution is 5.95. The zero-order chi connectivity index (χ0) is 21.1. The highest BCUT2D eigenvalue weighted by atomic mass is 16.5. The van der Waals surface area contributed by atoms with Gasteiger partial charge in [-0.3, -0.25) is 25.2 Å². The van der Waals surface area contributed by atoms with E-state index in [0.717, 1.165) is 19.3 Å². The normalized spacial score (nSPS) is 28.6. The minimum absolute atomic E-state index is 0.118. The largest absolute Gasteiger partial charge is 0.494 e. The number of hydrogen-bond donors (Lipinski definition) is 3. The molecule has 1 aromatic rings. The maximum Gasteiger partial charge on any atom is 0.269 e. The number of hydrazine groups is 1. The van der Waals surface area contributed by atoms with Crippen molar-refractivity contribution in [1.82, 2.24) is 16.2 Å². The number of rotatable bonds is 7. The number of hydrogen-bond acceptors (Lipinski definition) is 4. The van der Waals surface area contributed by atoms with Crippen molar-refractivity contribution in [2.24, 2.45) is 23.2 Å². The molecule has 0 aliphatic heterocycles. The highest BCUT2D eigenvalue weighted by Crippen LogP contribution is 2.60. The first-order chi connectivity index (χ1) is 14.5. The van der Waals surface area contributed by atoms with E-state index in [0.29, 0.717) is 35.7 Å². The van der Waals surface area contributed by atoms with Crippen molar-refractivity contribution in [3.63, 3.8) is 0 Å². The van der Waals surface area contributed by atoms with Crippen LogP contribution in [0, 0.1) is 23.2 Å². The molecule has 0 saturated heterocycles. The third kappa shape index (κ3) is 4.45. The monoisotopic (exact) mass is 413 g/mol. The van der Waals surface area contributed by atoms with Gasteiger partial charge in [0.05, 0.1) is 6.61 Å². The van der Waals surface area contributed by atoms with Crippen molar-refractivity contribution in [2.75, 3.05) is 13.2 Å². The SMILES string of the molecule is CCOc1ccc(C(=O)NNC(=O)CCNC(=O)C23CC4CC(CC(C4)C2)C3)cc1. The second kappa shape index (κ2) is 8.66. The van der Waals surface area contributed by atoms with E-state index in [1.54, 1.807) is 24.3 Å². The third-order valence-corrected chi connectivity index (χ3v) is 6.90. The fourth-order valence-electron chi connectivity index (χ4n) is 6.00. The Labute approximate surface area is 177 Å². The Hall–Kier alpha value is -2.57. The van der Waals surface area contributed by atoms with Crippen LogP contribution in [-0.2, 0) is 9.59 Å². The van der Waals surface area contributed by atoms with Crippen LogP contribution in [0.25, 0.3) is 0 Å². The molecule has 4 aliphatic rings. The van der Waals surface area contributed by atoms with E-state index in [1.165, 1.54) is 19.3 Å². The molecule has 3 amide bonds. The smallest absolute Gasteiger partial charge is 0.269 e. The lowest BCUT2D eigenvalue weighted by molar-refractivity contribution is -0.146. The molecule has 5 rings (SSSR count). The maximum absolute atomic E-state index is 12.9. The molecule has 0 heterocycles. The molecule has 4 saturated carbocycles. The number of carbonyl (C=O) groups is 3. The molecule has 4 aliphatic carbocycles. The Balaban J connectivity index is 1.18. The van der Waals surface area contributed by atoms with Crippen LogP contribution < -0.4 is 20.9 Å². The first kappa shape index (κ1) is 20.7. The second-order valence-electron chi connectivity index (χ2n) is 9.16. The van der Waals surface area contributed by atoms with Gasteiger partial charge >= 0.3 is 0 Å². The van der Waals surface area contributed by atoms with Gasteiger partial charge in [0, 0.05) is 23.9 Å². The molecule has 0 spiro atoms. The quantitative estimate of drug-likeness (QED) is 0.599. The molecular weight excluding hydrogens is 382 g/mol. The van der Waals surface area contributed by atoms with Crippen molar-refractivity contribution in [2.45, 2.75) is 51.9 Å². The van der Waals surface area contributed by atoms with Gasteiger partial charge in [0.15, 0.2) is 0 Å². The molecule has 162 valence electrons. The first-order valence-electron chi connectivity index (χ1n) is 11.1. The van der Waals surface area contributed by atoms with Crippen LogP contribution in [0.2, 0.25) is 0 Å². The molecular formula is C23H31N3O4. The summed E-state index contributed by atoms with van der Waals surface area (Å²) in [5.74, 6) is 2.21. The zero-order valence-corrected chi connectivity index (χ0v) is 17.5. The average Bonchev–Trinajstić information content (AvgIpc) is 2.72. The van der Waals surface area contributed by atoms with Crippen LogP contribution in [0.1, 0.15) is 62.2 Å². The summed E-state index contributed by atoms with van der Waals surface area (Å²) in [6, 6.07) is 6.69. The fraction of sp³-hybridized carbons (Fsp3) is 0.609. The molecule has 0 aromatic heterocycles. The molecule has 30 heavy (non-hydrogen) atoms. The van der Waals surface area contributed by atoms with Gasteiger partial charge in [-0.1, -0.05) is 0 Å². The third-order valence-electron chi connectivity index (χ3n) is 6.90. The Morgan fingerprint density at radius 1 is 0.967 bits per heavy atom. The van der Waals surface area contributed by atoms with Gasteiger partial charge in [0.2, 0.25) is 11.8 Å². The first-order valence-corrected chi connectivity index (χ1v) is 11.1. The van der Waals surface area contributed by atoms with Crippen LogP contribution in [0.5, 0.6) is 5.75 Å². The number of amides is 3. The van der Waals surface area contributed by atoms with E-state index < -0.39 is 5.91 Å². The summed E-state index contributed by atoms with van der Waals surface area (Å²) < 4.78 is 5.34. The average molecular weight is 414 g/mol. The summed E-state index contributed by atoms with van der Waals surface area (Å²) in [5.41, 5.74) is 5.04. The van der Waals surface area contributed by atoms with Gasteiger partial charge in [-0.25, -0.2) is 0 Å². The van der Waals surface area contributed by atoms with Gasteiger partial charge in [0.25, 0.3) is 5.91 Å². The highest BCUT2D eigenvalue weighted by Gasteiger charge is 2.54. The van der Waals surface area contributed by atoms with Gasteiger partial charge in [-0.15, -0.1) is 0 Å². The van der Waals surface area contributed by atoms with E-state index >= 15 is 0 Å². The number of nitrogens with one attached hydrogen (secondary N) is 3. The van der Waals surface area contributed by atoms with Crippen LogP contribution in [0.15, 0.2) is 24.3 Å². The van der Waals surface area contributed by atoms with Crippen molar-refractivity contribution >= 4 is 17.7 Å². The van der Waals surface area contributed by atoms with E-state index in [2.05, 4.69) is 16.2 Å². The van der Waals surface area contributed by atoms with Gasteiger partial charge in [-0.2, -0.15) is 0 Å². The van der Waals surface area contributed by atoms with E-state index in [-0.39, 0.29) is 30.2 Å². The van der Waals surface area contributed by atoms with E-state index in [1.807, 2.05) is 6.92 Å². The predicted molar refractivity (Wildman–Crippen MR) is 111 cm³/mol. The zero-order valence-electron chi connectivity index (χ0n) is 17.5. The predicted octanol–water partition coefficient (Wildman–Crippen LogP) is 2.57. The summed E-state index contributed by atoms with van der Waals surface area (Å²) >= 11 is 0. The number of benzene rings is 1. The van der Waals surface area contributed by atoms with E-state index in [9.17, 15) is 14.4 Å². The lowest BCUT2D eigenvalue weighted by atomic mass is 9.49. The van der Waals surface area contributed by atoms with Crippen LogP contribution in [0.4, 0.5) is 0 Å². The van der Waals surface area contributed by atoms with Crippen molar-refractivity contribution in [3.05, 3.63) is 29.8 Å². The Morgan fingerprint density at radius 2 is 1.57 bits per heavy atom. The summed E-state index contributed by atoms with van der Waals surface area (Å²) in [7, 11) is 0. The van der Waals surface area contributed by atoms with Gasteiger partial charge in [-0.05, 0) is 87.5 Å². The molecule has 0 atom stereocenters. The Morgan fingerprint density at radius 3 is 2.13 bits per heavy atom. The number of ether oxygens (including phenoxy) is 1. The topological polar surface area (TPSA) is 96.5 Å². The molecule has 0 radical (unpaired) electrons. The standard InChI is InChI=1S/C23H31N3O4/c1-2-30-19-5-3-18(4-6-19)21(28)26-25-20(27)7-8-24-22(29)23-12-15-9-16(13-23)11-17(10-15)14-23/h3-6,15-17H,2,7-14H2,1H3,(H,24,29)(H,25,27)(H,26,28). The lowest BCUT2D eigenvalue weighted by Crippen LogP contribution is -2.54. The van der Waals surface area contributed by atoms with Crippen molar-refractivity contribution in [3.8, 4) is 5.75 Å². The van der Waals surface area contributed by atoms with Crippen molar-refractivity contribution in [1.29, 1.82) is 0 Å². The molecule has 3 N–H and O–H groups in total. The molecule has 4 bridgehead atoms. The van der Waals surface area contributed by atoms with Crippen LogP contribution in [-0.4, -0.2) is 30.9 Å². The summed E-state index contributed by atoms with van der Waals surface area (Å²) in [6.07, 6.45) is 7.04. The number of carbonyl (C=O) groups excluding carboxylic acids is 3. The minimum Gasteiger partial charge on any atom is -0.494 e. The molecule has 4 fully saturated rings. The Bertz CT molecular complexity index is 770. The maximum atomic E-state index is 12.9. The molecule has 1 aromatic carbocycles. The minimum atomic E-state index is -0.399. The van der Waals surface area contributed by atoms with Crippen LogP contribution in [0.3, 0.4) is 0 Å². The summed E-state index contributed by atoms with van der Waals surface area (Å²) in [6.45, 7) is 2.73. The molecule has 7 heteroatoms. The van der Waals surface area contributed by atoms with Crippen molar-refractivity contribution < 1.29 is 19.1 Å². The van der Waals surface area contributed by atoms with Gasteiger partial charge in [0.1, 0.15) is 5.75 Å². The van der Waals surface area contributed by atoms with E-state index in [4.69, 9.17) is 4.74 Å². The summed E-state index contributed by atoms with van der Waals surface area (Å²) in [4.78, 5) is 37.1. The molecule has 0 unspecified atom stereocenters. The Kier molecular flexibility index (Phi) is 5.97. The summed E-state index contributed by atoms with van der Waals surface area (Å²) in [5, 5.41) is 2.98. The fourth-order valence-corrected chi connectivity index (χ4v) is 6.00. The second-order valence-corrected chi connectivity index (χ2v) is 9.16. The van der Waals surface area contributed by atoms with Gasteiger partial charge < -0.3 is 10.1 Å².